The molecular weight excluding hydrogens is 306 g/mol. The smallest absolute Gasteiger partial charge is 0.253 e. The van der Waals surface area contributed by atoms with Gasteiger partial charge in [-0.3, -0.25) is 14.4 Å². The molecule has 6 heteroatoms. The van der Waals surface area contributed by atoms with Crippen molar-refractivity contribution in [3.8, 4) is 0 Å². The van der Waals surface area contributed by atoms with Crippen LogP contribution in [0.15, 0.2) is 24.3 Å². The van der Waals surface area contributed by atoms with E-state index in [0.717, 1.165) is 0 Å². The number of piperazine rings is 1. The third-order valence-corrected chi connectivity index (χ3v) is 4.44. The molecule has 0 spiro atoms. The first kappa shape index (κ1) is 18.0. The quantitative estimate of drug-likeness (QED) is 0.839. The van der Waals surface area contributed by atoms with E-state index in [-0.39, 0.29) is 17.7 Å². The van der Waals surface area contributed by atoms with Gasteiger partial charge in [0.15, 0.2) is 0 Å². The van der Waals surface area contributed by atoms with Crippen molar-refractivity contribution in [2.45, 2.75) is 20.8 Å². The largest absolute Gasteiger partial charge is 0.339 e. The Labute approximate surface area is 143 Å². The van der Waals surface area contributed by atoms with E-state index in [2.05, 4.69) is 0 Å². The summed E-state index contributed by atoms with van der Waals surface area (Å²) in [6, 6.07) is 6.83. The van der Waals surface area contributed by atoms with Gasteiger partial charge in [-0.25, -0.2) is 0 Å². The Morgan fingerprint density at radius 2 is 1.33 bits per heavy atom. The minimum absolute atomic E-state index is 0.0194. The van der Waals surface area contributed by atoms with E-state index in [4.69, 9.17) is 0 Å². The molecule has 0 atom stereocenters. The van der Waals surface area contributed by atoms with Gasteiger partial charge in [-0.05, 0) is 38.1 Å². The van der Waals surface area contributed by atoms with E-state index in [1.807, 2.05) is 13.8 Å². The minimum Gasteiger partial charge on any atom is -0.339 e. The van der Waals surface area contributed by atoms with Gasteiger partial charge < -0.3 is 14.7 Å². The fourth-order valence-electron chi connectivity index (χ4n) is 2.86. The van der Waals surface area contributed by atoms with E-state index >= 15 is 0 Å². The van der Waals surface area contributed by atoms with Crippen LogP contribution >= 0.6 is 0 Å². The third-order valence-electron chi connectivity index (χ3n) is 4.44. The molecule has 1 aromatic rings. The van der Waals surface area contributed by atoms with Crippen molar-refractivity contribution in [2.24, 2.45) is 0 Å². The summed E-state index contributed by atoms with van der Waals surface area (Å²) >= 11 is 0. The number of rotatable bonds is 4. The summed E-state index contributed by atoms with van der Waals surface area (Å²) in [5.41, 5.74) is 1.17. The first-order chi connectivity index (χ1) is 11.5. The van der Waals surface area contributed by atoms with E-state index < -0.39 is 0 Å². The Kier molecular flexibility index (Phi) is 5.95. The zero-order valence-electron chi connectivity index (χ0n) is 14.6. The number of amides is 3. The minimum atomic E-state index is -0.0555. The predicted molar refractivity (Wildman–Crippen MR) is 91.9 cm³/mol. The fraction of sp³-hybridized carbons (Fsp3) is 0.500. The summed E-state index contributed by atoms with van der Waals surface area (Å²) in [6.45, 7) is 8.98. The fourth-order valence-corrected chi connectivity index (χ4v) is 2.86. The molecule has 2 rings (SSSR count). The SMILES string of the molecule is CCN(CC)C(=O)c1ccc(C(=O)N2CCN(C(C)=O)CC2)cc1. The molecule has 0 saturated carbocycles. The lowest BCUT2D eigenvalue weighted by atomic mass is 10.1. The van der Waals surface area contributed by atoms with Crippen molar-refractivity contribution in [2.75, 3.05) is 39.3 Å². The van der Waals surface area contributed by atoms with Crippen molar-refractivity contribution in [1.29, 1.82) is 0 Å². The standard InChI is InChI=1S/C18H25N3O3/c1-4-19(5-2)17(23)15-6-8-16(9-7-15)18(24)21-12-10-20(11-13-21)14(3)22/h6-9H,4-5,10-13H2,1-3H3. The lowest BCUT2D eigenvalue weighted by Crippen LogP contribution is -2.50. The average molecular weight is 331 g/mol. The summed E-state index contributed by atoms with van der Waals surface area (Å²) in [5.74, 6) is -0.0320. The van der Waals surface area contributed by atoms with Gasteiger partial charge in [-0.2, -0.15) is 0 Å². The van der Waals surface area contributed by atoms with Crippen LogP contribution in [0.1, 0.15) is 41.5 Å². The molecule has 0 unspecified atom stereocenters. The molecule has 6 nitrogen and oxygen atoms in total. The highest BCUT2D eigenvalue weighted by atomic mass is 16.2. The molecule has 1 aromatic carbocycles. The van der Waals surface area contributed by atoms with Crippen LogP contribution in [0.3, 0.4) is 0 Å². The van der Waals surface area contributed by atoms with E-state index in [1.165, 1.54) is 0 Å². The van der Waals surface area contributed by atoms with E-state index in [1.54, 1.807) is 45.9 Å². The Balaban J connectivity index is 2.02. The zero-order chi connectivity index (χ0) is 17.7. The van der Waals surface area contributed by atoms with Crippen LogP contribution in [0.4, 0.5) is 0 Å². The van der Waals surface area contributed by atoms with Gasteiger partial charge in [0.1, 0.15) is 0 Å². The summed E-state index contributed by atoms with van der Waals surface area (Å²) in [6.07, 6.45) is 0. The highest BCUT2D eigenvalue weighted by Crippen LogP contribution is 2.12. The molecule has 0 radical (unpaired) electrons. The average Bonchev–Trinajstić information content (AvgIpc) is 2.62. The maximum atomic E-state index is 12.5. The van der Waals surface area contributed by atoms with Gasteiger partial charge in [0, 0.05) is 57.3 Å². The van der Waals surface area contributed by atoms with Crippen molar-refractivity contribution >= 4 is 17.7 Å². The Hall–Kier alpha value is -2.37. The lowest BCUT2D eigenvalue weighted by Gasteiger charge is -2.34. The summed E-state index contributed by atoms with van der Waals surface area (Å²) in [4.78, 5) is 41.4. The van der Waals surface area contributed by atoms with Gasteiger partial charge in [0.05, 0.1) is 0 Å². The molecule has 0 N–H and O–H groups in total. The predicted octanol–water partition coefficient (Wildman–Crippen LogP) is 1.47. The molecule has 0 aromatic heterocycles. The lowest BCUT2D eigenvalue weighted by molar-refractivity contribution is -0.130. The van der Waals surface area contributed by atoms with Crippen LogP contribution < -0.4 is 0 Å². The Morgan fingerprint density at radius 3 is 1.79 bits per heavy atom. The molecule has 1 fully saturated rings. The van der Waals surface area contributed by atoms with Crippen LogP contribution in [-0.2, 0) is 4.79 Å². The molecule has 24 heavy (non-hydrogen) atoms. The molecule has 1 aliphatic heterocycles. The summed E-state index contributed by atoms with van der Waals surface area (Å²) in [7, 11) is 0. The third kappa shape index (κ3) is 3.93. The highest BCUT2D eigenvalue weighted by Gasteiger charge is 2.23. The van der Waals surface area contributed by atoms with Crippen molar-refractivity contribution in [1.82, 2.24) is 14.7 Å². The number of carbonyl (C=O) groups is 3. The summed E-state index contributed by atoms with van der Waals surface area (Å²) < 4.78 is 0. The van der Waals surface area contributed by atoms with Gasteiger partial charge in [-0.15, -0.1) is 0 Å². The maximum Gasteiger partial charge on any atom is 0.253 e. The van der Waals surface area contributed by atoms with Crippen molar-refractivity contribution < 1.29 is 14.4 Å². The summed E-state index contributed by atoms with van der Waals surface area (Å²) in [5, 5.41) is 0. The van der Waals surface area contributed by atoms with Gasteiger partial charge >= 0.3 is 0 Å². The molecule has 3 amide bonds. The van der Waals surface area contributed by atoms with Crippen LogP contribution in [0.5, 0.6) is 0 Å². The van der Waals surface area contributed by atoms with Crippen molar-refractivity contribution in [3.63, 3.8) is 0 Å². The molecular formula is C18H25N3O3. The van der Waals surface area contributed by atoms with Crippen LogP contribution in [-0.4, -0.2) is 71.7 Å². The molecule has 1 heterocycles. The van der Waals surface area contributed by atoms with Crippen LogP contribution in [0.25, 0.3) is 0 Å². The Bertz CT molecular complexity index is 600. The highest BCUT2D eigenvalue weighted by molar-refractivity contribution is 5.98. The van der Waals surface area contributed by atoms with E-state index in [9.17, 15) is 14.4 Å². The molecule has 1 aliphatic rings. The van der Waals surface area contributed by atoms with Crippen LogP contribution in [0, 0.1) is 0 Å². The number of benzene rings is 1. The van der Waals surface area contributed by atoms with Crippen molar-refractivity contribution in [3.05, 3.63) is 35.4 Å². The first-order valence-corrected chi connectivity index (χ1v) is 8.42. The molecule has 0 bridgehead atoms. The zero-order valence-corrected chi connectivity index (χ0v) is 14.6. The monoisotopic (exact) mass is 331 g/mol. The number of hydrogen-bond acceptors (Lipinski definition) is 3. The first-order valence-electron chi connectivity index (χ1n) is 8.42. The Morgan fingerprint density at radius 1 is 0.875 bits per heavy atom. The van der Waals surface area contributed by atoms with Crippen LogP contribution in [0.2, 0.25) is 0 Å². The van der Waals surface area contributed by atoms with Gasteiger partial charge in [0.2, 0.25) is 5.91 Å². The molecule has 1 saturated heterocycles. The number of carbonyl (C=O) groups excluding carboxylic acids is 3. The van der Waals surface area contributed by atoms with E-state index in [0.29, 0.717) is 50.4 Å². The molecule has 0 aliphatic carbocycles. The van der Waals surface area contributed by atoms with Gasteiger partial charge in [0.25, 0.3) is 11.8 Å². The number of hydrogen-bond donors (Lipinski definition) is 0. The second-order valence-electron chi connectivity index (χ2n) is 5.85. The topological polar surface area (TPSA) is 60.9 Å². The number of nitrogens with zero attached hydrogens (tertiary/aromatic N) is 3. The normalized spacial score (nSPS) is 14.5. The second-order valence-corrected chi connectivity index (χ2v) is 5.85. The maximum absolute atomic E-state index is 12.5. The van der Waals surface area contributed by atoms with Gasteiger partial charge in [-0.1, -0.05) is 0 Å². The second kappa shape index (κ2) is 7.95. The molecule has 130 valence electrons.